The molecule has 1 aliphatic heterocycles. The Morgan fingerprint density at radius 1 is 1.26 bits per heavy atom. The summed E-state index contributed by atoms with van der Waals surface area (Å²) in [6.07, 6.45) is 2.54. The van der Waals surface area contributed by atoms with E-state index in [0.717, 1.165) is 25.3 Å². The zero-order chi connectivity index (χ0) is 16.1. The van der Waals surface area contributed by atoms with Crippen LogP contribution in [0.4, 0.5) is 5.82 Å². The van der Waals surface area contributed by atoms with Crippen LogP contribution in [0.15, 0.2) is 42.7 Å². The smallest absolute Gasteiger partial charge is 0.218 e. The van der Waals surface area contributed by atoms with Crippen molar-refractivity contribution < 1.29 is 9.84 Å². The van der Waals surface area contributed by atoms with Crippen LogP contribution in [-0.2, 0) is 0 Å². The number of ether oxygens (including phenoxy) is 1. The predicted molar refractivity (Wildman–Crippen MR) is 89.8 cm³/mol. The molecule has 0 aliphatic carbocycles. The van der Waals surface area contributed by atoms with Crippen molar-refractivity contribution in [1.82, 2.24) is 9.97 Å². The lowest BCUT2D eigenvalue weighted by Gasteiger charge is -2.38. The zero-order valence-electron chi connectivity index (χ0n) is 13.4. The van der Waals surface area contributed by atoms with Gasteiger partial charge >= 0.3 is 0 Å². The molecule has 1 fully saturated rings. The summed E-state index contributed by atoms with van der Waals surface area (Å²) in [5, 5.41) is 9.84. The lowest BCUT2D eigenvalue weighted by atomic mass is 9.81. The van der Waals surface area contributed by atoms with Gasteiger partial charge in [0.25, 0.3) is 0 Å². The normalized spacial score (nSPS) is 21.2. The standard InChI is InChI=1S/C18H23N3O2/c1-2-23-18-10-17(19-13-20-18)21-9-8-16(15(11-21)12-22)14-6-4-3-5-7-14/h3-7,10,13,15-16,22H,2,8-9,11-12H2,1H3/t15-,16+/m1/s1. The summed E-state index contributed by atoms with van der Waals surface area (Å²) in [5.41, 5.74) is 1.31. The molecule has 1 N–H and O–H groups in total. The molecule has 1 aromatic carbocycles. The topological polar surface area (TPSA) is 58.5 Å². The van der Waals surface area contributed by atoms with E-state index >= 15 is 0 Å². The summed E-state index contributed by atoms with van der Waals surface area (Å²) in [6.45, 7) is 4.41. The molecule has 0 unspecified atom stereocenters. The van der Waals surface area contributed by atoms with Crippen LogP contribution in [0.25, 0.3) is 0 Å². The lowest BCUT2D eigenvalue weighted by Crippen LogP contribution is -2.41. The first-order chi connectivity index (χ1) is 11.3. The molecule has 23 heavy (non-hydrogen) atoms. The van der Waals surface area contributed by atoms with Gasteiger partial charge in [-0.1, -0.05) is 30.3 Å². The van der Waals surface area contributed by atoms with Gasteiger partial charge < -0.3 is 14.7 Å². The van der Waals surface area contributed by atoms with Gasteiger partial charge in [0, 0.05) is 31.7 Å². The van der Waals surface area contributed by atoms with Gasteiger partial charge in [0.1, 0.15) is 12.1 Å². The van der Waals surface area contributed by atoms with Gasteiger partial charge in [-0.3, -0.25) is 0 Å². The van der Waals surface area contributed by atoms with Crippen molar-refractivity contribution in [3.05, 3.63) is 48.3 Å². The Kier molecular flexibility index (Phi) is 5.08. The van der Waals surface area contributed by atoms with E-state index < -0.39 is 0 Å². The molecule has 0 spiro atoms. The van der Waals surface area contributed by atoms with Crippen LogP contribution in [0.3, 0.4) is 0 Å². The Bertz CT molecular complexity index is 621. The SMILES string of the molecule is CCOc1cc(N2CC[C@@H](c3ccccc3)[C@@H](CO)C2)ncn1. The number of aliphatic hydroxyl groups is 1. The third-order valence-electron chi connectivity index (χ3n) is 4.44. The van der Waals surface area contributed by atoms with Crippen LogP contribution in [0.1, 0.15) is 24.8 Å². The molecule has 0 bridgehead atoms. The van der Waals surface area contributed by atoms with Crippen LogP contribution in [0.5, 0.6) is 5.88 Å². The molecule has 1 saturated heterocycles. The van der Waals surface area contributed by atoms with Gasteiger partial charge in [0.2, 0.25) is 5.88 Å². The number of aromatic nitrogens is 2. The highest BCUT2D eigenvalue weighted by Crippen LogP contribution is 2.34. The molecule has 0 radical (unpaired) electrons. The lowest BCUT2D eigenvalue weighted by molar-refractivity contribution is 0.189. The molecule has 5 nitrogen and oxygen atoms in total. The third-order valence-corrected chi connectivity index (χ3v) is 4.44. The van der Waals surface area contributed by atoms with Crippen molar-refractivity contribution in [3.8, 4) is 5.88 Å². The number of anilines is 1. The van der Waals surface area contributed by atoms with Crippen LogP contribution in [-0.4, -0.2) is 41.4 Å². The number of rotatable bonds is 5. The maximum atomic E-state index is 9.84. The third kappa shape index (κ3) is 3.62. The molecule has 5 heteroatoms. The highest BCUT2D eigenvalue weighted by Gasteiger charge is 2.30. The summed E-state index contributed by atoms with van der Waals surface area (Å²) in [5.74, 6) is 2.07. The first-order valence-corrected chi connectivity index (χ1v) is 8.17. The van der Waals surface area contributed by atoms with Crippen molar-refractivity contribution >= 4 is 5.82 Å². The Labute approximate surface area is 137 Å². The quantitative estimate of drug-likeness (QED) is 0.919. The number of hydrogen-bond acceptors (Lipinski definition) is 5. The second-order valence-corrected chi connectivity index (χ2v) is 5.84. The highest BCUT2D eigenvalue weighted by atomic mass is 16.5. The number of nitrogens with zero attached hydrogens (tertiary/aromatic N) is 3. The van der Waals surface area contributed by atoms with E-state index in [0.29, 0.717) is 18.4 Å². The number of piperidine rings is 1. The zero-order valence-corrected chi connectivity index (χ0v) is 13.4. The maximum Gasteiger partial charge on any atom is 0.218 e. The Morgan fingerprint density at radius 2 is 2.09 bits per heavy atom. The minimum atomic E-state index is 0.180. The predicted octanol–water partition coefficient (Wildman–Crippen LogP) is 2.48. The van der Waals surface area contributed by atoms with Crippen LogP contribution < -0.4 is 9.64 Å². The number of benzene rings is 1. The van der Waals surface area contributed by atoms with Crippen molar-refractivity contribution in [2.75, 3.05) is 31.2 Å². The molecular formula is C18H23N3O2. The van der Waals surface area contributed by atoms with E-state index in [2.05, 4.69) is 39.1 Å². The number of hydrogen-bond donors (Lipinski definition) is 1. The molecular weight excluding hydrogens is 290 g/mol. The summed E-state index contributed by atoms with van der Waals surface area (Å²) < 4.78 is 5.45. The van der Waals surface area contributed by atoms with Gasteiger partial charge in [0.15, 0.2) is 0 Å². The fourth-order valence-electron chi connectivity index (χ4n) is 3.29. The van der Waals surface area contributed by atoms with E-state index in [1.807, 2.05) is 19.1 Å². The fraction of sp³-hybridized carbons (Fsp3) is 0.444. The Balaban J connectivity index is 1.75. The highest BCUT2D eigenvalue weighted by molar-refractivity contribution is 5.42. The minimum absolute atomic E-state index is 0.180. The van der Waals surface area contributed by atoms with Gasteiger partial charge in [-0.05, 0) is 24.8 Å². The van der Waals surface area contributed by atoms with Crippen molar-refractivity contribution in [3.63, 3.8) is 0 Å². The van der Waals surface area contributed by atoms with E-state index in [4.69, 9.17) is 4.74 Å². The summed E-state index contributed by atoms with van der Waals surface area (Å²) in [6, 6.07) is 12.3. The van der Waals surface area contributed by atoms with E-state index in [1.165, 1.54) is 11.9 Å². The van der Waals surface area contributed by atoms with Crippen molar-refractivity contribution in [2.45, 2.75) is 19.3 Å². The largest absolute Gasteiger partial charge is 0.478 e. The molecule has 2 heterocycles. The molecule has 3 rings (SSSR count). The van der Waals surface area contributed by atoms with Gasteiger partial charge in [-0.15, -0.1) is 0 Å². The molecule has 2 aromatic rings. The van der Waals surface area contributed by atoms with E-state index in [1.54, 1.807) is 0 Å². The fourth-order valence-corrected chi connectivity index (χ4v) is 3.29. The maximum absolute atomic E-state index is 9.84. The number of aliphatic hydroxyl groups excluding tert-OH is 1. The average molecular weight is 313 g/mol. The monoisotopic (exact) mass is 313 g/mol. The Morgan fingerprint density at radius 3 is 2.83 bits per heavy atom. The molecule has 0 saturated carbocycles. The first-order valence-electron chi connectivity index (χ1n) is 8.17. The molecule has 2 atom stereocenters. The molecule has 0 amide bonds. The van der Waals surface area contributed by atoms with Crippen molar-refractivity contribution in [2.24, 2.45) is 5.92 Å². The van der Waals surface area contributed by atoms with Gasteiger partial charge in [-0.25, -0.2) is 9.97 Å². The molecule has 1 aromatic heterocycles. The Hall–Kier alpha value is -2.14. The second-order valence-electron chi connectivity index (χ2n) is 5.84. The second kappa shape index (κ2) is 7.42. The van der Waals surface area contributed by atoms with E-state index in [-0.39, 0.29) is 12.5 Å². The molecule has 122 valence electrons. The van der Waals surface area contributed by atoms with E-state index in [9.17, 15) is 5.11 Å². The van der Waals surface area contributed by atoms with Crippen LogP contribution in [0.2, 0.25) is 0 Å². The summed E-state index contributed by atoms with van der Waals surface area (Å²) in [4.78, 5) is 10.7. The first kappa shape index (κ1) is 15.7. The van der Waals surface area contributed by atoms with Crippen LogP contribution in [0, 0.1) is 5.92 Å². The van der Waals surface area contributed by atoms with Crippen LogP contribution >= 0.6 is 0 Å². The average Bonchev–Trinajstić information content (AvgIpc) is 2.62. The van der Waals surface area contributed by atoms with Gasteiger partial charge in [0.05, 0.1) is 6.61 Å². The summed E-state index contributed by atoms with van der Waals surface area (Å²) in [7, 11) is 0. The minimum Gasteiger partial charge on any atom is -0.478 e. The van der Waals surface area contributed by atoms with Crippen molar-refractivity contribution in [1.29, 1.82) is 0 Å². The molecule has 1 aliphatic rings. The van der Waals surface area contributed by atoms with Gasteiger partial charge in [-0.2, -0.15) is 0 Å². The summed E-state index contributed by atoms with van der Waals surface area (Å²) >= 11 is 0.